The Kier molecular flexibility index (Phi) is 6.43. The molecule has 2 aromatic heterocycles. The summed E-state index contributed by atoms with van der Waals surface area (Å²) in [4.78, 5) is 3.80. The standard InChI is InChI=1S/C23H32ClN3O3S/c1-16-10-23(21-19(4-9-30-23)20(15-28)22(24)31-21)5-6-26(16)12-18-11-25-27(14-18)13-17-2-7-29-8-3-17/h11,14,16-17,28H,2-10,12-13,15H2,1H3/t16-,23+/m0/s1. The number of nitrogens with zero attached hydrogens (tertiary/aromatic N) is 3. The maximum atomic E-state index is 9.77. The molecule has 0 bridgehead atoms. The van der Waals surface area contributed by atoms with Gasteiger partial charge in [0.2, 0.25) is 0 Å². The third-order valence-electron chi connectivity index (χ3n) is 7.28. The first-order valence-electron chi connectivity index (χ1n) is 11.5. The van der Waals surface area contributed by atoms with Crippen molar-refractivity contribution in [3.63, 3.8) is 0 Å². The van der Waals surface area contributed by atoms with Crippen molar-refractivity contribution in [3.05, 3.63) is 38.3 Å². The van der Waals surface area contributed by atoms with E-state index in [-0.39, 0.29) is 12.2 Å². The Morgan fingerprint density at radius 2 is 2.16 bits per heavy atom. The molecule has 5 heterocycles. The van der Waals surface area contributed by atoms with E-state index < -0.39 is 0 Å². The molecule has 31 heavy (non-hydrogen) atoms. The lowest BCUT2D eigenvalue weighted by atomic mass is 9.81. The molecule has 1 spiro atoms. The Morgan fingerprint density at radius 3 is 2.94 bits per heavy atom. The molecule has 0 aliphatic carbocycles. The van der Waals surface area contributed by atoms with E-state index in [1.165, 1.54) is 16.0 Å². The van der Waals surface area contributed by atoms with Crippen molar-refractivity contribution in [1.82, 2.24) is 14.7 Å². The summed E-state index contributed by atoms with van der Waals surface area (Å²) in [7, 11) is 0. The molecule has 1 N–H and O–H groups in total. The van der Waals surface area contributed by atoms with E-state index in [0.717, 1.165) is 74.9 Å². The molecular weight excluding hydrogens is 434 g/mol. The van der Waals surface area contributed by atoms with Gasteiger partial charge in [0, 0.05) is 61.1 Å². The Morgan fingerprint density at radius 1 is 1.32 bits per heavy atom. The average molecular weight is 466 g/mol. The number of aliphatic hydroxyl groups excluding tert-OH is 1. The fourth-order valence-corrected chi connectivity index (χ4v) is 7.19. The zero-order valence-electron chi connectivity index (χ0n) is 18.2. The summed E-state index contributed by atoms with van der Waals surface area (Å²) in [6, 6.07) is 0.400. The van der Waals surface area contributed by atoms with Crippen molar-refractivity contribution in [2.24, 2.45) is 5.92 Å². The van der Waals surface area contributed by atoms with E-state index >= 15 is 0 Å². The van der Waals surface area contributed by atoms with Crippen molar-refractivity contribution in [3.8, 4) is 0 Å². The molecule has 3 aliphatic heterocycles. The first-order chi connectivity index (χ1) is 15.1. The van der Waals surface area contributed by atoms with Crippen molar-refractivity contribution in [2.75, 3.05) is 26.4 Å². The van der Waals surface area contributed by atoms with Gasteiger partial charge in [0.1, 0.15) is 5.60 Å². The fraction of sp³-hybridized carbons (Fsp3) is 0.696. The van der Waals surface area contributed by atoms with Crippen LogP contribution >= 0.6 is 22.9 Å². The molecule has 0 aromatic carbocycles. The summed E-state index contributed by atoms with van der Waals surface area (Å²) in [5, 5.41) is 14.4. The Balaban J connectivity index is 1.24. The lowest BCUT2D eigenvalue weighted by Crippen LogP contribution is -2.50. The van der Waals surface area contributed by atoms with Crippen molar-refractivity contribution < 1.29 is 14.6 Å². The third-order valence-corrected chi connectivity index (χ3v) is 8.99. The molecule has 0 amide bonds. The van der Waals surface area contributed by atoms with Crippen molar-refractivity contribution in [2.45, 2.75) is 70.4 Å². The second-order valence-electron chi connectivity index (χ2n) is 9.31. The zero-order chi connectivity index (χ0) is 21.4. The second kappa shape index (κ2) is 9.12. The average Bonchev–Trinajstić information content (AvgIpc) is 3.35. The number of aromatic nitrogens is 2. The molecule has 2 aromatic rings. The van der Waals surface area contributed by atoms with Crippen molar-refractivity contribution >= 4 is 22.9 Å². The molecule has 170 valence electrons. The molecule has 2 atom stereocenters. The number of rotatable bonds is 5. The smallest absolute Gasteiger partial charge is 0.105 e. The highest BCUT2D eigenvalue weighted by Crippen LogP contribution is 2.49. The summed E-state index contributed by atoms with van der Waals surface area (Å²) < 4.78 is 14.7. The number of thiophene rings is 1. The monoisotopic (exact) mass is 465 g/mol. The lowest BCUT2D eigenvalue weighted by molar-refractivity contribution is -0.110. The Labute approximate surface area is 193 Å². The van der Waals surface area contributed by atoms with Crippen LogP contribution in [0, 0.1) is 5.92 Å². The lowest BCUT2D eigenvalue weighted by Gasteiger charge is -2.47. The number of halogens is 1. The van der Waals surface area contributed by atoms with Crippen LogP contribution < -0.4 is 0 Å². The number of fused-ring (bicyclic) bond motifs is 2. The van der Waals surface area contributed by atoms with E-state index in [1.807, 2.05) is 6.20 Å². The minimum Gasteiger partial charge on any atom is -0.392 e. The number of aliphatic hydroxyl groups is 1. The second-order valence-corrected chi connectivity index (χ2v) is 10.9. The van der Waals surface area contributed by atoms with Crippen LogP contribution in [0.3, 0.4) is 0 Å². The molecule has 0 unspecified atom stereocenters. The van der Waals surface area contributed by atoms with Gasteiger partial charge >= 0.3 is 0 Å². The number of ether oxygens (including phenoxy) is 2. The molecule has 2 saturated heterocycles. The predicted molar refractivity (Wildman–Crippen MR) is 121 cm³/mol. The van der Waals surface area contributed by atoms with E-state index in [0.29, 0.717) is 18.6 Å². The molecule has 2 fully saturated rings. The molecular formula is C23H32ClN3O3S. The highest BCUT2D eigenvalue weighted by molar-refractivity contribution is 7.16. The van der Waals surface area contributed by atoms with Crippen LogP contribution in [0.5, 0.6) is 0 Å². The van der Waals surface area contributed by atoms with Crippen molar-refractivity contribution in [1.29, 1.82) is 0 Å². The molecule has 0 saturated carbocycles. The largest absolute Gasteiger partial charge is 0.392 e. The fourth-order valence-electron chi connectivity index (χ4n) is 5.51. The van der Waals surface area contributed by atoms with Crippen LogP contribution in [-0.2, 0) is 41.2 Å². The quantitative estimate of drug-likeness (QED) is 0.724. The van der Waals surface area contributed by atoms with Crippen LogP contribution in [0.2, 0.25) is 4.34 Å². The van der Waals surface area contributed by atoms with E-state index in [4.69, 9.17) is 21.1 Å². The van der Waals surface area contributed by atoms with Gasteiger partial charge in [-0.1, -0.05) is 11.6 Å². The summed E-state index contributed by atoms with van der Waals surface area (Å²) in [5.41, 5.74) is 3.18. The summed E-state index contributed by atoms with van der Waals surface area (Å²) in [6.07, 6.45) is 9.27. The summed E-state index contributed by atoms with van der Waals surface area (Å²) >= 11 is 8.07. The topological polar surface area (TPSA) is 59.8 Å². The van der Waals surface area contributed by atoms with Crippen LogP contribution in [0.25, 0.3) is 0 Å². The Bertz CT molecular complexity index is 910. The van der Waals surface area contributed by atoms with Gasteiger partial charge in [-0.15, -0.1) is 11.3 Å². The summed E-state index contributed by atoms with van der Waals surface area (Å²) in [5.74, 6) is 0.675. The number of likely N-dealkylation sites (tertiary alicyclic amines) is 1. The van der Waals surface area contributed by atoms with Gasteiger partial charge in [0.25, 0.3) is 0 Å². The van der Waals surface area contributed by atoms with Gasteiger partial charge < -0.3 is 14.6 Å². The van der Waals surface area contributed by atoms with Gasteiger partial charge in [-0.2, -0.15) is 5.10 Å². The SMILES string of the molecule is C[C@H]1C[C@@]2(CCN1Cc1cnn(CC3CCOCC3)c1)OCCc1c2sc(Cl)c1CO. The number of piperidine rings is 1. The minimum absolute atomic E-state index is 0.0142. The van der Waals surface area contributed by atoms with E-state index in [1.54, 1.807) is 11.3 Å². The molecule has 6 nitrogen and oxygen atoms in total. The molecule has 5 rings (SSSR count). The maximum Gasteiger partial charge on any atom is 0.105 e. The van der Waals surface area contributed by atoms with Gasteiger partial charge in [-0.3, -0.25) is 9.58 Å². The maximum absolute atomic E-state index is 9.77. The van der Waals surface area contributed by atoms with Gasteiger partial charge in [0.05, 0.1) is 23.7 Å². The number of hydrogen-bond acceptors (Lipinski definition) is 6. The van der Waals surface area contributed by atoms with Crippen LogP contribution in [-0.4, -0.2) is 52.2 Å². The predicted octanol–water partition coefficient (Wildman–Crippen LogP) is 3.97. The Hall–Kier alpha value is -0.960. The molecule has 0 radical (unpaired) electrons. The summed E-state index contributed by atoms with van der Waals surface area (Å²) in [6.45, 7) is 7.67. The van der Waals surface area contributed by atoms with E-state index in [9.17, 15) is 5.11 Å². The zero-order valence-corrected chi connectivity index (χ0v) is 19.8. The first kappa shape index (κ1) is 21.9. The van der Waals surface area contributed by atoms with Crippen LogP contribution in [0.15, 0.2) is 12.4 Å². The van der Waals surface area contributed by atoms with Crippen LogP contribution in [0.1, 0.15) is 54.2 Å². The van der Waals surface area contributed by atoms with Gasteiger partial charge in [-0.05, 0) is 50.5 Å². The molecule has 8 heteroatoms. The van der Waals surface area contributed by atoms with Gasteiger partial charge in [0.15, 0.2) is 0 Å². The van der Waals surface area contributed by atoms with Crippen LogP contribution in [0.4, 0.5) is 0 Å². The normalized spacial score (nSPS) is 27.6. The highest BCUT2D eigenvalue weighted by Gasteiger charge is 2.45. The molecule has 3 aliphatic rings. The highest BCUT2D eigenvalue weighted by atomic mass is 35.5. The number of hydrogen-bond donors (Lipinski definition) is 1. The van der Waals surface area contributed by atoms with Gasteiger partial charge in [-0.25, -0.2) is 0 Å². The minimum atomic E-state index is -0.252. The first-order valence-corrected chi connectivity index (χ1v) is 12.7. The van der Waals surface area contributed by atoms with E-state index in [2.05, 4.69) is 27.8 Å². The third kappa shape index (κ3) is 4.33.